The van der Waals surface area contributed by atoms with Crippen molar-refractivity contribution in [2.45, 2.75) is 6.61 Å². The van der Waals surface area contributed by atoms with Crippen molar-refractivity contribution in [3.63, 3.8) is 0 Å². The zero-order valence-corrected chi connectivity index (χ0v) is 7.99. The summed E-state index contributed by atoms with van der Waals surface area (Å²) < 4.78 is 28.0. The maximum Gasteiger partial charge on any atom is 0.387 e. The van der Waals surface area contributed by atoms with Gasteiger partial charge in [-0.05, 0) is 28.1 Å². The first-order valence-corrected chi connectivity index (χ1v) is 4.09. The van der Waals surface area contributed by atoms with E-state index < -0.39 is 6.61 Å². The molecule has 0 unspecified atom stereocenters. The molecule has 65 valence electrons. The number of benzene rings is 1. The Morgan fingerprint density at radius 2 is 2.25 bits per heavy atom. The zero-order chi connectivity index (χ0) is 9.14. The summed E-state index contributed by atoms with van der Waals surface area (Å²) in [5.74, 6) is -0.152. The van der Waals surface area contributed by atoms with Gasteiger partial charge in [-0.1, -0.05) is 11.6 Å². The summed E-state index contributed by atoms with van der Waals surface area (Å²) in [7, 11) is 0. The molecule has 0 saturated heterocycles. The van der Waals surface area contributed by atoms with Gasteiger partial charge in [0.1, 0.15) is 0 Å². The summed E-state index contributed by atoms with van der Waals surface area (Å²) in [6, 6.07) is 5.47. The third-order valence-corrected chi connectivity index (χ3v) is 2.32. The van der Waals surface area contributed by atoms with Crippen LogP contribution in [0.25, 0.3) is 0 Å². The van der Waals surface area contributed by atoms with Gasteiger partial charge in [0.05, 0.1) is 5.02 Å². The van der Waals surface area contributed by atoms with E-state index in [9.17, 15) is 8.78 Å². The van der Waals surface area contributed by atoms with Gasteiger partial charge < -0.3 is 4.74 Å². The predicted molar refractivity (Wildman–Crippen MR) is 44.6 cm³/mol. The van der Waals surface area contributed by atoms with Gasteiger partial charge in [0, 0.05) is 10.5 Å². The van der Waals surface area contributed by atoms with E-state index >= 15 is 0 Å². The molecule has 0 atom stereocenters. The summed E-state index contributed by atoms with van der Waals surface area (Å²) in [6.07, 6.45) is 0. The van der Waals surface area contributed by atoms with Crippen LogP contribution < -0.4 is 4.74 Å². The van der Waals surface area contributed by atoms with E-state index in [-0.39, 0.29) is 10.8 Å². The lowest BCUT2D eigenvalue weighted by molar-refractivity contribution is -0.0499. The van der Waals surface area contributed by atoms with Crippen molar-refractivity contribution in [2.75, 3.05) is 0 Å². The molecule has 1 aromatic carbocycles. The van der Waals surface area contributed by atoms with Crippen LogP contribution in [0.15, 0.2) is 16.6 Å². The first-order valence-electron chi connectivity index (χ1n) is 2.91. The van der Waals surface area contributed by atoms with Crippen molar-refractivity contribution in [1.82, 2.24) is 0 Å². The lowest BCUT2D eigenvalue weighted by Gasteiger charge is -2.05. The Balaban J connectivity index is 2.92. The fourth-order valence-corrected chi connectivity index (χ4v) is 1.08. The quantitative estimate of drug-likeness (QED) is 0.787. The Morgan fingerprint density at radius 3 is 2.83 bits per heavy atom. The van der Waals surface area contributed by atoms with Crippen molar-refractivity contribution in [3.05, 3.63) is 27.7 Å². The van der Waals surface area contributed by atoms with Gasteiger partial charge in [-0.25, -0.2) is 0 Å². The standard InChI is InChI=1S/C7H3BrClF2O/c8-4-2-1-3-5(6(4)9)12-7(10)11/h1-2,7H. The molecule has 0 bridgehead atoms. The van der Waals surface area contributed by atoms with Crippen molar-refractivity contribution in [3.8, 4) is 5.75 Å². The number of alkyl halides is 2. The van der Waals surface area contributed by atoms with E-state index in [4.69, 9.17) is 11.6 Å². The van der Waals surface area contributed by atoms with Gasteiger partial charge in [0.2, 0.25) is 0 Å². The van der Waals surface area contributed by atoms with E-state index in [0.717, 1.165) is 0 Å². The Kier molecular flexibility index (Phi) is 3.29. The highest BCUT2D eigenvalue weighted by atomic mass is 79.9. The number of ether oxygens (including phenoxy) is 1. The van der Waals surface area contributed by atoms with Crippen LogP contribution >= 0.6 is 27.5 Å². The molecule has 1 rings (SSSR count). The molecule has 0 amide bonds. The molecule has 0 aliphatic rings. The number of hydrogen-bond donors (Lipinski definition) is 0. The highest BCUT2D eigenvalue weighted by molar-refractivity contribution is 9.10. The summed E-state index contributed by atoms with van der Waals surface area (Å²) in [5, 5.41) is 0.0952. The zero-order valence-electron chi connectivity index (χ0n) is 5.65. The van der Waals surface area contributed by atoms with Crippen LogP contribution in [-0.2, 0) is 0 Å². The average molecular weight is 256 g/mol. The van der Waals surface area contributed by atoms with Crippen LogP contribution in [0, 0.1) is 6.07 Å². The van der Waals surface area contributed by atoms with Gasteiger partial charge in [0.25, 0.3) is 0 Å². The molecule has 0 aliphatic heterocycles. The van der Waals surface area contributed by atoms with Crippen LogP contribution in [0.2, 0.25) is 5.02 Å². The van der Waals surface area contributed by atoms with Gasteiger partial charge in [-0.2, -0.15) is 8.78 Å². The molecule has 0 spiro atoms. The Hall–Kier alpha value is -0.350. The highest BCUT2D eigenvalue weighted by Gasteiger charge is 2.10. The summed E-state index contributed by atoms with van der Waals surface area (Å²) >= 11 is 8.66. The normalized spacial score (nSPS) is 10.4. The van der Waals surface area contributed by atoms with Crippen molar-refractivity contribution in [1.29, 1.82) is 0 Å². The average Bonchev–Trinajstić information content (AvgIpc) is 1.98. The van der Waals surface area contributed by atoms with E-state index in [1.54, 1.807) is 6.07 Å². The SMILES string of the molecule is FC(F)Oc1[c]ccc(Br)c1Cl. The van der Waals surface area contributed by atoms with E-state index in [1.165, 1.54) is 6.07 Å². The summed E-state index contributed by atoms with van der Waals surface area (Å²) in [6.45, 7) is -2.88. The number of halogens is 4. The monoisotopic (exact) mass is 255 g/mol. The Labute approximate surface area is 81.4 Å². The maximum atomic E-state index is 11.7. The van der Waals surface area contributed by atoms with Crippen LogP contribution in [-0.4, -0.2) is 6.61 Å². The summed E-state index contributed by atoms with van der Waals surface area (Å²) in [4.78, 5) is 0. The third kappa shape index (κ3) is 2.32. The molecule has 1 aromatic rings. The maximum absolute atomic E-state index is 11.7. The molecular weight excluding hydrogens is 253 g/mol. The molecular formula is C7H3BrClF2O. The summed E-state index contributed by atoms with van der Waals surface area (Å²) in [5.41, 5.74) is 0. The number of hydrogen-bond acceptors (Lipinski definition) is 1. The van der Waals surface area contributed by atoms with Gasteiger partial charge in [-0.3, -0.25) is 0 Å². The predicted octanol–water partition coefficient (Wildman–Crippen LogP) is 3.50. The minimum Gasteiger partial charge on any atom is -0.433 e. The molecule has 5 heteroatoms. The van der Waals surface area contributed by atoms with Gasteiger partial charge in [-0.15, -0.1) is 0 Å². The molecule has 12 heavy (non-hydrogen) atoms. The fraction of sp³-hybridized carbons (Fsp3) is 0.143. The van der Waals surface area contributed by atoms with Gasteiger partial charge in [0.15, 0.2) is 5.75 Å². The Bertz CT molecular complexity index is 280. The molecule has 0 aromatic heterocycles. The molecule has 0 heterocycles. The molecule has 0 saturated carbocycles. The van der Waals surface area contributed by atoms with Gasteiger partial charge >= 0.3 is 6.61 Å². The second-order valence-corrected chi connectivity index (χ2v) is 3.08. The topological polar surface area (TPSA) is 9.23 Å². The largest absolute Gasteiger partial charge is 0.433 e. The smallest absolute Gasteiger partial charge is 0.387 e. The van der Waals surface area contributed by atoms with E-state index in [1.807, 2.05) is 0 Å². The first kappa shape index (κ1) is 9.74. The lowest BCUT2D eigenvalue weighted by atomic mass is 10.3. The first-order chi connectivity index (χ1) is 5.61. The van der Waals surface area contributed by atoms with Crippen molar-refractivity contribution >= 4 is 27.5 Å². The van der Waals surface area contributed by atoms with Crippen LogP contribution in [0.4, 0.5) is 8.78 Å². The fourth-order valence-electron chi connectivity index (χ4n) is 0.610. The minimum atomic E-state index is -2.88. The second kappa shape index (κ2) is 4.05. The number of rotatable bonds is 2. The molecule has 0 aliphatic carbocycles. The van der Waals surface area contributed by atoms with Crippen LogP contribution in [0.1, 0.15) is 0 Å². The molecule has 0 fully saturated rings. The van der Waals surface area contributed by atoms with E-state index in [2.05, 4.69) is 26.7 Å². The van der Waals surface area contributed by atoms with E-state index in [0.29, 0.717) is 4.47 Å². The highest BCUT2D eigenvalue weighted by Crippen LogP contribution is 2.32. The second-order valence-electron chi connectivity index (χ2n) is 1.85. The molecule has 1 radical (unpaired) electrons. The van der Waals surface area contributed by atoms with Crippen molar-refractivity contribution in [2.24, 2.45) is 0 Å². The van der Waals surface area contributed by atoms with Crippen molar-refractivity contribution < 1.29 is 13.5 Å². The minimum absolute atomic E-state index is 0.0952. The van der Waals surface area contributed by atoms with Crippen LogP contribution in [0.5, 0.6) is 5.75 Å². The third-order valence-electron chi connectivity index (χ3n) is 1.06. The Morgan fingerprint density at radius 1 is 1.58 bits per heavy atom. The molecule has 0 N–H and O–H groups in total. The molecule has 1 nitrogen and oxygen atoms in total. The lowest BCUT2D eigenvalue weighted by Crippen LogP contribution is -2.02. The van der Waals surface area contributed by atoms with Crippen LogP contribution in [0.3, 0.4) is 0 Å².